The lowest BCUT2D eigenvalue weighted by molar-refractivity contribution is 0.219. The summed E-state index contributed by atoms with van der Waals surface area (Å²) in [6, 6.07) is 8.25. The molecule has 2 rings (SSSR count). The van der Waals surface area contributed by atoms with E-state index in [0.717, 1.165) is 18.4 Å². The lowest BCUT2D eigenvalue weighted by Crippen LogP contribution is -2.02. The highest BCUT2D eigenvalue weighted by Crippen LogP contribution is 2.24. The Bertz CT molecular complexity index is 704. The smallest absolute Gasteiger partial charge is 0.175 e. The monoisotopic (exact) mass is 298 g/mol. The Morgan fingerprint density at radius 2 is 1.45 bits per heavy atom. The Morgan fingerprint density at radius 3 is 1.90 bits per heavy atom. The Kier molecular flexibility index (Phi) is 3.87. The second-order valence-corrected chi connectivity index (χ2v) is 6.46. The van der Waals surface area contributed by atoms with Gasteiger partial charge in [0.15, 0.2) is 9.84 Å². The van der Waals surface area contributed by atoms with Gasteiger partial charge in [0.1, 0.15) is 17.7 Å². The first-order chi connectivity index (χ1) is 9.27. The van der Waals surface area contributed by atoms with E-state index < -0.39 is 27.6 Å². The maximum atomic E-state index is 13.1. The van der Waals surface area contributed by atoms with Crippen LogP contribution in [0.4, 0.5) is 8.78 Å². The van der Waals surface area contributed by atoms with Gasteiger partial charge < -0.3 is 5.11 Å². The molecule has 1 N–H and O–H groups in total. The molecule has 1 atom stereocenters. The maximum absolute atomic E-state index is 13.1. The molecule has 106 valence electrons. The van der Waals surface area contributed by atoms with Crippen molar-refractivity contribution in [3.8, 4) is 0 Å². The molecule has 0 aromatic heterocycles. The van der Waals surface area contributed by atoms with E-state index in [0.29, 0.717) is 11.6 Å². The van der Waals surface area contributed by atoms with E-state index in [1.165, 1.54) is 24.3 Å². The van der Waals surface area contributed by atoms with Gasteiger partial charge in [-0.2, -0.15) is 0 Å². The van der Waals surface area contributed by atoms with Crippen molar-refractivity contribution >= 4 is 9.84 Å². The Labute approximate surface area is 115 Å². The molecule has 0 bridgehead atoms. The summed E-state index contributed by atoms with van der Waals surface area (Å²) in [5.74, 6) is -1.57. The summed E-state index contributed by atoms with van der Waals surface area (Å²) in [4.78, 5) is 0.110. The number of rotatable bonds is 3. The number of hydrogen-bond acceptors (Lipinski definition) is 3. The Morgan fingerprint density at radius 1 is 0.950 bits per heavy atom. The molecule has 0 aliphatic carbocycles. The van der Waals surface area contributed by atoms with E-state index in [-0.39, 0.29) is 10.5 Å². The van der Waals surface area contributed by atoms with Crippen molar-refractivity contribution in [1.29, 1.82) is 0 Å². The van der Waals surface area contributed by atoms with Crippen molar-refractivity contribution in [2.24, 2.45) is 0 Å². The molecule has 0 amide bonds. The van der Waals surface area contributed by atoms with Crippen molar-refractivity contribution in [2.45, 2.75) is 11.0 Å². The molecule has 6 heteroatoms. The minimum Gasteiger partial charge on any atom is -0.384 e. The fourth-order valence-corrected chi connectivity index (χ4v) is 2.45. The Balaban J connectivity index is 2.36. The highest BCUT2D eigenvalue weighted by atomic mass is 32.2. The molecule has 0 saturated carbocycles. The van der Waals surface area contributed by atoms with Gasteiger partial charge in [0.25, 0.3) is 0 Å². The van der Waals surface area contributed by atoms with Crippen LogP contribution in [0.3, 0.4) is 0 Å². The molecule has 3 nitrogen and oxygen atoms in total. The van der Waals surface area contributed by atoms with E-state index in [1.807, 2.05) is 0 Å². The first-order valence-electron chi connectivity index (χ1n) is 5.71. The molecule has 20 heavy (non-hydrogen) atoms. The summed E-state index contributed by atoms with van der Waals surface area (Å²) < 4.78 is 48.8. The van der Waals surface area contributed by atoms with Gasteiger partial charge in [-0.3, -0.25) is 0 Å². The molecular weight excluding hydrogens is 286 g/mol. The van der Waals surface area contributed by atoms with Crippen LogP contribution in [0.25, 0.3) is 0 Å². The first kappa shape index (κ1) is 14.6. The zero-order valence-corrected chi connectivity index (χ0v) is 11.4. The topological polar surface area (TPSA) is 54.4 Å². The van der Waals surface area contributed by atoms with Gasteiger partial charge >= 0.3 is 0 Å². The van der Waals surface area contributed by atoms with E-state index >= 15 is 0 Å². The SMILES string of the molecule is CS(=O)(=O)c1ccc(C(O)c2cc(F)cc(F)c2)cc1. The molecule has 0 aliphatic heterocycles. The van der Waals surface area contributed by atoms with Crippen LogP contribution in [0.1, 0.15) is 17.2 Å². The Hall–Kier alpha value is -1.79. The molecule has 2 aromatic carbocycles. The largest absolute Gasteiger partial charge is 0.384 e. The summed E-state index contributed by atoms with van der Waals surface area (Å²) >= 11 is 0. The summed E-state index contributed by atoms with van der Waals surface area (Å²) in [6.45, 7) is 0. The predicted molar refractivity (Wildman–Crippen MR) is 70.0 cm³/mol. The van der Waals surface area contributed by atoms with E-state index in [4.69, 9.17) is 0 Å². The van der Waals surface area contributed by atoms with Gasteiger partial charge in [0, 0.05) is 12.3 Å². The number of benzene rings is 2. The summed E-state index contributed by atoms with van der Waals surface area (Å²) in [6.07, 6.45) is -0.158. The van der Waals surface area contributed by atoms with Crippen LogP contribution in [0.5, 0.6) is 0 Å². The second kappa shape index (κ2) is 5.30. The minimum atomic E-state index is -3.32. The molecular formula is C14H12F2O3S. The molecule has 0 heterocycles. The third kappa shape index (κ3) is 3.20. The van der Waals surface area contributed by atoms with Gasteiger partial charge in [-0.25, -0.2) is 17.2 Å². The van der Waals surface area contributed by atoms with Crippen LogP contribution in [0.15, 0.2) is 47.4 Å². The fraction of sp³-hybridized carbons (Fsp3) is 0.143. The molecule has 1 unspecified atom stereocenters. The maximum Gasteiger partial charge on any atom is 0.175 e. The zero-order valence-electron chi connectivity index (χ0n) is 10.5. The van der Waals surface area contributed by atoms with Crippen LogP contribution in [-0.4, -0.2) is 19.8 Å². The third-order valence-corrected chi connectivity index (χ3v) is 3.95. The van der Waals surface area contributed by atoms with Crippen molar-refractivity contribution in [3.05, 3.63) is 65.2 Å². The number of aliphatic hydroxyl groups is 1. The normalized spacial score (nSPS) is 13.2. The lowest BCUT2D eigenvalue weighted by Gasteiger charge is -2.12. The molecule has 0 saturated heterocycles. The van der Waals surface area contributed by atoms with Crippen molar-refractivity contribution < 1.29 is 22.3 Å². The van der Waals surface area contributed by atoms with Crippen molar-refractivity contribution in [2.75, 3.05) is 6.26 Å². The molecule has 0 aliphatic rings. The van der Waals surface area contributed by atoms with Crippen LogP contribution in [-0.2, 0) is 9.84 Å². The summed E-state index contributed by atoms with van der Waals surface area (Å²) in [7, 11) is -3.32. The average molecular weight is 298 g/mol. The number of aliphatic hydroxyl groups excluding tert-OH is 1. The minimum absolute atomic E-state index is 0.0644. The number of sulfone groups is 1. The van der Waals surface area contributed by atoms with Gasteiger partial charge in [-0.05, 0) is 35.4 Å². The predicted octanol–water partition coefficient (Wildman–Crippen LogP) is 2.45. The van der Waals surface area contributed by atoms with Gasteiger partial charge in [0.2, 0.25) is 0 Å². The number of hydrogen-bond donors (Lipinski definition) is 1. The second-order valence-electron chi connectivity index (χ2n) is 4.45. The van der Waals surface area contributed by atoms with E-state index in [1.54, 1.807) is 0 Å². The number of halogens is 2. The van der Waals surface area contributed by atoms with Crippen LogP contribution in [0.2, 0.25) is 0 Å². The lowest BCUT2D eigenvalue weighted by atomic mass is 10.0. The first-order valence-corrected chi connectivity index (χ1v) is 7.60. The van der Waals surface area contributed by atoms with Gasteiger partial charge in [-0.1, -0.05) is 12.1 Å². The van der Waals surface area contributed by atoms with Crippen molar-refractivity contribution in [3.63, 3.8) is 0 Å². The van der Waals surface area contributed by atoms with Crippen LogP contribution < -0.4 is 0 Å². The highest BCUT2D eigenvalue weighted by molar-refractivity contribution is 7.90. The van der Waals surface area contributed by atoms with E-state index in [9.17, 15) is 22.3 Å². The quantitative estimate of drug-likeness (QED) is 0.947. The van der Waals surface area contributed by atoms with Crippen LogP contribution >= 0.6 is 0 Å². The molecule has 0 spiro atoms. The molecule has 0 radical (unpaired) electrons. The molecule has 0 fully saturated rings. The zero-order chi connectivity index (χ0) is 14.9. The summed E-state index contributed by atoms with van der Waals surface area (Å²) in [5, 5.41) is 10.1. The van der Waals surface area contributed by atoms with Crippen LogP contribution in [0, 0.1) is 11.6 Å². The van der Waals surface area contributed by atoms with Gasteiger partial charge in [0.05, 0.1) is 4.90 Å². The summed E-state index contributed by atoms with van der Waals surface area (Å²) in [5.41, 5.74) is 0.414. The third-order valence-electron chi connectivity index (χ3n) is 2.82. The highest BCUT2D eigenvalue weighted by Gasteiger charge is 2.14. The standard InChI is InChI=1S/C14H12F2O3S/c1-20(18,19)13-4-2-9(3-5-13)14(17)10-6-11(15)8-12(16)7-10/h2-8,14,17H,1H3. The van der Waals surface area contributed by atoms with Crippen molar-refractivity contribution in [1.82, 2.24) is 0 Å². The molecule has 2 aromatic rings. The van der Waals surface area contributed by atoms with E-state index in [2.05, 4.69) is 0 Å². The van der Waals surface area contributed by atoms with Gasteiger partial charge in [-0.15, -0.1) is 0 Å². The fourth-order valence-electron chi connectivity index (χ4n) is 1.82. The average Bonchev–Trinajstić information content (AvgIpc) is 2.36.